The molecule has 2 fully saturated rings. The first-order valence-electron chi connectivity index (χ1n) is 11.7. The molecule has 0 N–H and O–H groups in total. The van der Waals surface area contributed by atoms with Crippen LogP contribution in [0.1, 0.15) is 64.4 Å². The summed E-state index contributed by atoms with van der Waals surface area (Å²) in [4.78, 5) is 21.3. The predicted molar refractivity (Wildman–Crippen MR) is 131 cm³/mol. The van der Waals surface area contributed by atoms with Gasteiger partial charge in [-0.25, -0.2) is 4.98 Å². The third-order valence-electron chi connectivity index (χ3n) is 7.76. The number of aryl methyl sites for hydroxylation is 2. The fraction of sp³-hybridized carbons (Fsp3) is 0.615. The summed E-state index contributed by atoms with van der Waals surface area (Å²) in [5.41, 5.74) is 2.26. The highest BCUT2D eigenvalue weighted by Gasteiger charge is 2.47. The average Bonchev–Trinajstić information content (AvgIpc) is 2.99. The minimum absolute atomic E-state index is 0.0287. The second-order valence-electron chi connectivity index (χ2n) is 10.8. The van der Waals surface area contributed by atoms with Gasteiger partial charge in [0.15, 0.2) is 0 Å². The van der Waals surface area contributed by atoms with Gasteiger partial charge >= 0.3 is 0 Å². The van der Waals surface area contributed by atoms with E-state index in [0.717, 1.165) is 49.5 Å². The maximum absolute atomic E-state index is 13.9. The Bertz CT molecular complexity index is 1080. The van der Waals surface area contributed by atoms with E-state index in [1.54, 1.807) is 4.57 Å². The quantitative estimate of drug-likeness (QED) is 0.602. The number of rotatable bonds is 2. The van der Waals surface area contributed by atoms with E-state index in [9.17, 15) is 4.79 Å². The topological polar surface area (TPSA) is 47.4 Å². The van der Waals surface area contributed by atoms with Crippen molar-refractivity contribution in [2.24, 2.45) is 11.3 Å². The summed E-state index contributed by atoms with van der Waals surface area (Å²) in [5.74, 6) is 2.05. The molecule has 2 atom stereocenters. The molecule has 2 aliphatic heterocycles. The molecule has 0 bridgehead atoms. The number of aromatic nitrogens is 2. The lowest BCUT2D eigenvalue weighted by Crippen LogP contribution is -2.46. The zero-order chi connectivity index (χ0) is 23.4. The van der Waals surface area contributed by atoms with Crippen molar-refractivity contribution in [3.63, 3.8) is 0 Å². The normalized spacial score (nSPS) is 23.2. The Morgan fingerprint density at radius 3 is 2.38 bits per heavy atom. The Balaban J connectivity index is 1.78. The molecule has 4 rings (SSSR count). The van der Waals surface area contributed by atoms with Gasteiger partial charge in [-0.05, 0) is 56.6 Å². The molecule has 2 aromatic rings. The van der Waals surface area contributed by atoms with Crippen LogP contribution in [-0.4, -0.2) is 35.4 Å². The van der Waals surface area contributed by atoms with E-state index in [4.69, 9.17) is 21.3 Å². The van der Waals surface area contributed by atoms with Gasteiger partial charge in [-0.3, -0.25) is 9.36 Å². The van der Waals surface area contributed by atoms with Crippen molar-refractivity contribution in [2.75, 3.05) is 24.6 Å². The second kappa shape index (κ2) is 8.18. The lowest BCUT2D eigenvalue weighted by molar-refractivity contribution is 0.0969. The lowest BCUT2D eigenvalue weighted by atomic mass is 9.70. The summed E-state index contributed by atoms with van der Waals surface area (Å²) in [6.07, 6.45) is 2.45. The summed E-state index contributed by atoms with van der Waals surface area (Å²) in [7, 11) is 0. The number of hydrogen-bond acceptors (Lipinski definition) is 4. The van der Waals surface area contributed by atoms with Crippen LogP contribution in [0.5, 0.6) is 0 Å². The van der Waals surface area contributed by atoms with Gasteiger partial charge in [-0.2, -0.15) is 0 Å². The maximum atomic E-state index is 13.9. The molecule has 32 heavy (non-hydrogen) atoms. The fourth-order valence-electron chi connectivity index (χ4n) is 5.42. The molecule has 3 heterocycles. The van der Waals surface area contributed by atoms with Crippen LogP contribution < -0.4 is 10.5 Å². The molecular formula is C26H36ClN3O2. The number of ether oxygens (including phenoxy) is 1. The minimum atomic E-state index is -0.349. The molecular weight excluding hydrogens is 422 g/mol. The average molecular weight is 458 g/mol. The molecule has 1 spiro atoms. The van der Waals surface area contributed by atoms with Gasteiger partial charge in [0.05, 0.1) is 29.0 Å². The van der Waals surface area contributed by atoms with Gasteiger partial charge in [-0.1, -0.05) is 51.4 Å². The van der Waals surface area contributed by atoms with Crippen LogP contribution in [0.4, 0.5) is 5.82 Å². The van der Waals surface area contributed by atoms with Crippen LogP contribution in [0.15, 0.2) is 23.0 Å². The van der Waals surface area contributed by atoms with E-state index in [1.807, 2.05) is 32.0 Å². The summed E-state index contributed by atoms with van der Waals surface area (Å²) < 4.78 is 7.68. The third-order valence-corrected chi connectivity index (χ3v) is 8.25. The first kappa shape index (κ1) is 23.3. The van der Waals surface area contributed by atoms with Crippen molar-refractivity contribution < 1.29 is 4.74 Å². The van der Waals surface area contributed by atoms with Crippen LogP contribution in [0, 0.1) is 25.2 Å². The monoisotopic (exact) mass is 457 g/mol. The molecule has 2 saturated heterocycles. The molecule has 2 aliphatic rings. The summed E-state index contributed by atoms with van der Waals surface area (Å²) in [5, 5.41) is 0.594. The van der Waals surface area contributed by atoms with Crippen LogP contribution >= 0.6 is 11.6 Å². The number of piperidine rings is 1. The molecule has 0 unspecified atom stereocenters. The van der Waals surface area contributed by atoms with Gasteiger partial charge in [0.1, 0.15) is 11.6 Å². The van der Waals surface area contributed by atoms with Gasteiger partial charge in [-0.15, -0.1) is 0 Å². The molecule has 1 aromatic heterocycles. The first-order chi connectivity index (χ1) is 15.0. The summed E-state index contributed by atoms with van der Waals surface area (Å²) >= 11 is 6.61. The molecule has 174 valence electrons. The maximum Gasteiger partial charge on any atom is 0.264 e. The highest BCUT2D eigenvalue weighted by molar-refractivity contribution is 6.33. The number of anilines is 1. The first-order valence-corrected chi connectivity index (χ1v) is 12.1. The van der Waals surface area contributed by atoms with Crippen molar-refractivity contribution >= 4 is 17.4 Å². The Morgan fingerprint density at radius 2 is 1.81 bits per heavy atom. The Hall–Kier alpha value is -1.85. The SMILES string of the molecule is Cc1cccc(-n2c(C)nc(N3CCC4(CC3)CO[C@@H](C)[C@H]4C)c(C(C)(C)C)c2=O)c1Cl. The zero-order valence-corrected chi connectivity index (χ0v) is 21.2. The van der Waals surface area contributed by atoms with E-state index < -0.39 is 0 Å². The number of halogens is 1. The number of hydrogen-bond donors (Lipinski definition) is 0. The van der Waals surface area contributed by atoms with Gasteiger partial charge < -0.3 is 9.64 Å². The Kier molecular flexibility index (Phi) is 5.96. The standard InChI is InChI=1S/C26H36ClN3O2/c1-16-9-8-10-20(22(16)27)30-19(4)28-23(21(24(30)31)25(5,6)7)29-13-11-26(12-14-29)15-32-18(3)17(26)2/h8-10,17-18H,11-15H2,1-7H3/t17-,18+/m1/s1. The Labute approximate surface area is 196 Å². The molecule has 0 radical (unpaired) electrons. The zero-order valence-electron chi connectivity index (χ0n) is 20.5. The van der Waals surface area contributed by atoms with E-state index in [2.05, 4.69) is 39.5 Å². The number of nitrogens with zero attached hydrogens (tertiary/aromatic N) is 3. The minimum Gasteiger partial charge on any atom is -0.378 e. The van der Waals surface area contributed by atoms with Gasteiger partial charge in [0.25, 0.3) is 5.56 Å². The highest BCUT2D eigenvalue weighted by Crippen LogP contribution is 2.47. The molecule has 0 saturated carbocycles. The predicted octanol–water partition coefficient (Wildman–Crippen LogP) is 5.44. The van der Waals surface area contributed by atoms with Crippen LogP contribution in [0.3, 0.4) is 0 Å². The Morgan fingerprint density at radius 1 is 1.16 bits per heavy atom. The lowest BCUT2D eigenvalue weighted by Gasteiger charge is -2.43. The van der Waals surface area contributed by atoms with Crippen LogP contribution in [-0.2, 0) is 10.2 Å². The largest absolute Gasteiger partial charge is 0.378 e. The third kappa shape index (κ3) is 3.77. The van der Waals surface area contributed by atoms with Crippen LogP contribution in [0.25, 0.3) is 5.69 Å². The smallest absolute Gasteiger partial charge is 0.264 e. The molecule has 1 aromatic carbocycles. The summed E-state index contributed by atoms with van der Waals surface area (Å²) in [6.45, 7) is 17.3. The van der Waals surface area contributed by atoms with E-state index in [0.29, 0.717) is 28.6 Å². The van der Waals surface area contributed by atoms with Crippen molar-refractivity contribution in [1.29, 1.82) is 0 Å². The van der Waals surface area contributed by atoms with Gasteiger partial charge in [0, 0.05) is 18.5 Å². The van der Waals surface area contributed by atoms with E-state index in [1.165, 1.54) is 0 Å². The van der Waals surface area contributed by atoms with Crippen molar-refractivity contribution in [3.8, 4) is 5.69 Å². The fourth-order valence-corrected chi connectivity index (χ4v) is 5.63. The van der Waals surface area contributed by atoms with Crippen molar-refractivity contribution in [1.82, 2.24) is 9.55 Å². The van der Waals surface area contributed by atoms with Crippen molar-refractivity contribution in [3.05, 3.63) is 50.5 Å². The van der Waals surface area contributed by atoms with Crippen LogP contribution in [0.2, 0.25) is 5.02 Å². The van der Waals surface area contributed by atoms with Gasteiger partial charge in [0.2, 0.25) is 0 Å². The molecule has 0 amide bonds. The molecule has 6 heteroatoms. The van der Waals surface area contributed by atoms with Crippen molar-refractivity contribution in [2.45, 2.75) is 72.8 Å². The van der Waals surface area contributed by atoms with E-state index in [-0.39, 0.29) is 16.4 Å². The molecule has 5 nitrogen and oxygen atoms in total. The highest BCUT2D eigenvalue weighted by atomic mass is 35.5. The molecule has 0 aliphatic carbocycles. The van der Waals surface area contributed by atoms with E-state index >= 15 is 0 Å². The summed E-state index contributed by atoms with van der Waals surface area (Å²) in [6, 6.07) is 5.78. The second-order valence-corrected chi connectivity index (χ2v) is 11.2. The number of benzene rings is 1.